The fourth-order valence-electron chi connectivity index (χ4n) is 5.24. The van der Waals surface area contributed by atoms with Crippen molar-refractivity contribution in [3.63, 3.8) is 0 Å². The quantitative estimate of drug-likeness (QED) is 0.204. The Bertz CT molecular complexity index is 1700. The molecule has 2 heterocycles. The largest absolute Gasteiger partial charge is 0.492 e. The van der Waals surface area contributed by atoms with Crippen molar-refractivity contribution in [3.05, 3.63) is 83.7 Å². The number of hydrogen-bond donors (Lipinski definition) is 2. The molecule has 1 aliphatic carbocycles. The van der Waals surface area contributed by atoms with Gasteiger partial charge in [0.1, 0.15) is 24.4 Å². The highest BCUT2D eigenvalue weighted by molar-refractivity contribution is 6.08. The van der Waals surface area contributed by atoms with Crippen LogP contribution in [-0.4, -0.2) is 47.1 Å². The van der Waals surface area contributed by atoms with Crippen LogP contribution in [0.2, 0.25) is 0 Å². The third-order valence-corrected chi connectivity index (χ3v) is 7.33. The van der Waals surface area contributed by atoms with E-state index in [0.29, 0.717) is 21.6 Å². The number of aromatic nitrogens is 1. The molecule has 40 heavy (non-hydrogen) atoms. The predicted molar refractivity (Wildman–Crippen MR) is 157 cm³/mol. The summed E-state index contributed by atoms with van der Waals surface area (Å²) in [6.07, 6.45) is 0. The average Bonchev–Trinajstić information content (AvgIpc) is 3.29. The summed E-state index contributed by atoms with van der Waals surface area (Å²) in [6, 6.07) is 22.0. The number of carbonyl (C=O) groups excluding carboxylic acids is 1. The molecule has 0 fully saturated rings. The summed E-state index contributed by atoms with van der Waals surface area (Å²) < 4.78 is 9.50. The van der Waals surface area contributed by atoms with E-state index in [1.54, 1.807) is 12.1 Å². The van der Waals surface area contributed by atoms with Crippen molar-refractivity contribution in [2.45, 2.75) is 27.7 Å². The van der Waals surface area contributed by atoms with Gasteiger partial charge in [-0.1, -0.05) is 18.2 Å². The zero-order chi connectivity index (χ0) is 28.4. The van der Waals surface area contributed by atoms with Gasteiger partial charge < -0.3 is 24.4 Å². The molecule has 0 unspecified atom stereocenters. The van der Waals surface area contributed by atoms with E-state index in [-0.39, 0.29) is 17.3 Å². The second-order valence-electron chi connectivity index (χ2n) is 9.45. The lowest BCUT2D eigenvalue weighted by molar-refractivity contribution is 0.0382. The topological polar surface area (TPSA) is 91.1 Å². The number of rotatable bonds is 8. The summed E-state index contributed by atoms with van der Waals surface area (Å²) in [6.45, 7) is 11.9. The molecule has 1 aromatic heterocycles. The Kier molecular flexibility index (Phi) is 7.51. The Morgan fingerprint density at radius 1 is 0.875 bits per heavy atom. The molecule has 3 aromatic rings. The summed E-state index contributed by atoms with van der Waals surface area (Å²) >= 11 is 0. The van der Waals surface area contributed by atoms with Crippen molar-refractivity contribution >= 4 is 22.6 Å². The number of benzene rings is 3. The van der Waals surface area contributed by atoms with Crippen molar-refractivity contribution in [2.75, 3.05) is 31.1 Å². The number of fused-ring (bicyclic) bond motifs is 2. The second kappa shape index (κ2) is 11.2. The van der Waals surface area contributed by atoms with Crippen LogP contribution in [0.4, 0.5) is 5.69 Å². The van der Waals surface area contributed by atoms with Gasteiger partial charge in [-0.05, 0) is 57.5 Å². The number of anilines is 1. The van der Waals surface area contributed by atoms with Crippen LogP contribution < -0.4 is 19.7 Å². The van der Waals surface area contributed by atoms with E-state index >= 15 is 0 Å². The first-order valence-corrected chi connectivity index (χ1v) is 13.6. The molecular formula is C32H34N3O5+. The molecule has 0 radical (unpaired) electrons. The highest BCUT2D eigenvalue weighted by Gasteiger charge is 2.24. The van der Waals surface area contributed by atoms with E-state index in [9.17, 15) is 15.0 Å². The van der Waals surface area contributed by atoms with E-state index in [1.807, 2.05) is 36.4 Å². The summed E-state index contributed by atoms with van der Waals surface area (Å²) in [5.74, 6) is -0.789. The third-order valence-electron chi connectivity index (χ3n) is 7.33. The lowest BCUT2D eigenvalue weighted by Crippen LogP contribution is -2.29. The van der Waals surface area contributed by atoms with E-state index in [1.165, 1.54) is 12.1 Å². The monoisotopic (exact) mass is 540 g/mol. The first-order chi connectivity index (χ1) is 19.4. The van der Waals surface area contributed by atoms with E-state index in [2.05, 4.69) is 49.3 Å². The first kappa shape index (κ1) is 26.9. The number of carbonyl (C=O) groups is 1. The normalized spacial score (nSPS) is 11.2. The molecule has 8 heteroatoms. The van der Waals surface area contributed by atoms with Crippen molar-refractivity contribution in [3.8, 4) is 34.2 Å². The van der Waals surface area contributed by atoms with Gasteiger partial charge in [0.05, 0.1) is 11.6 Å². The highest BCUT2D eigenvalue weighted by Crippen LogP contribution is 2.42. The maximum absolute atomic E-state index is 13.4. The molecule has 206 valence electrons. The van der Waals surface area contributed by atoms with E-state index in [4.69, 9.17) is 9.25 Å². The van der Waals surface area contributed by atoms with Crippen LogP contribution in [0.15, 0.2) is 77.2 Å². The Morgan fingerprint density at radius 2 is 1.57 bits per heavy atom. The Hall–Kier alpha value is -4.72. The molecule has 8 nitrogen and oxygen atoms in total. The minimum atomic E-state index is -0.723. The molecule has 2 aliphatic rings. The molecule has 2 aromatic carbocycles. The smallest absolute Gasteiger partial charge is 0.364 e. The van der Waals surface area contributed by atoms with Gasteiger partial charge in [-0.3, -0.25) is 0 Å². The van der Waals surface area contributed by atoms with Crippen LogP contribution in [0.25, 0.3) is 33.4 Å². The van der Waals surface area contributed by atoms with Crippen LogP contribution >= 0.6 is 0 Å². The minimum Gasteiger partial charge on any atom is -0.492 e. The Labute approximate surface area is 232 Å². The van der Waals surface area contributed by atoms with Crippen LogP contribution in [-0.2, 0) is 0 Å². The highest BCUT2D eigenvalue weighted by atomic mass is 16.7. The van der Waals surface area contributed by atoms with Crippen LogP contribution in [0.3, 0.4) is 0 Å². The maximum atomic E-state index is 13.4. The third kappa shape index (κ3) is 4.77. The molecule has 0 saturated carbocycles. The zero-order valence-corrected chi connectivity index (χ0v) is 23.2. The Morgan fingerprint density at radius 3 is 2.25 bits per heavy atom. The fourth-order valence-corrected chi connectivity index (χ4v) is 5.24. The molecule has 0 saturated heterocycles. The van der Waals surface area contributed by atoms with E-state index < -0.39 is 5.97 Å². The first-order valence-electron chi connectivity index (χ1n) is 13.6. The molecular weight excluding hydrogens is 506 g/mol. The van der Waals surface area contributed by atoms with Gasteiger partial charge in [-0.25, -0.2) is 9.37 Å². The number of hydrogen-bond acceptors (Lipinski definition) is 6. The van der Waals surface area contributed by atoms with Crippen molar-refractivity contribution in [2.24, 2.45) is 0 Å². The Balaban J connectivity index is 1.79. The van der Waals surface area contributed by atoms with Crippen LogP contribution in [0.5, 0.6) is 11.8 Å². The summed E-state index contributed by atoms with van der Waals surface area (Å²) in [5, 5.41) is 22.0. The van der Waals surface area contributed by atoms with E-state index in [0.717, 1.165) is 53.7 Å². The second-order valence-corrected chi connectivity index (χ2v) is 9.45. The lowest BCUT2D eigenvalue weighted by atomic mass is 9.90. The molecule has 2 N–H and O–H groups in total. The molecule has 0 spiro atoms. The van der Waals surface area contributed by atoms with Crippen molar-refractivity contribution in [1.29, 1.82) is 0 Å². The number of nitrogens with zero attached hydrogens (tertiary/aromatic N) is 3. The lowest BCUT2D eigenvalue weighted by Gasteiger charge is -2.22. The summed E-state index contributed by atoms with van der Waals surface area (Å²) in [5.41, 5.74) is 4.37. The van der Waals surface area contributed by atoms with Gasteiger partial charge in [0, 0.05) is 59.6 Å². The predicted octanol–water partition coefficient (Wildman–Crippen LogP) is 5.34. The summed E-state index contributed by atoms with van der Waals surface area (Å²) in [4.78, 5) is 21.1. The minimum absolute atomic E-state index is 0.282. The summed E-state index contributed by atoms with van der Waals surface area (Å²) in [7, 11) is 0. The van der Waals surface area contributed by atoms with Gasteiger partial charge in [0.2, 0.25) is 17.1 Å². The van der Waals surface area contributed by atoms with Crippen molar-refractivity contribution in [1.82, 2.24) is 9.31 Å². The average molecular weight is 541 g/mol. The fraction of sp³-hybridized carbons (Fsp3) is 0.250. The number of aromatic hydroxyl groups is 2. The molecule has 0 bridgehead atoms. The van der Waals surface area contributed by atoms with Crippen LogP contribution in [0.1, 0.15) is 38.1 Å². The van der Waals surface area contributed by atoms with Gasteiger partial charge >= 0.3 is 5.97 Å². The molecule has 0 amide bonds. The molecule has 0 atom stereocenters. The standard InChI is InChI=1S/C32H33N3O5/c1-5-33(6-2)21-13-15-25-27(19-21)39-28-20-22(34(7-3)8-4)14-16-26(28)31(25)23-11-9-10-12-24(23)32(38)40-35-29(36)17-18-30(35)37/h9-20,38H,5-8H2,1-4H3/p+1. The van der Waals surface area contributed by atoms with Gasteiger partial charge in [-0.15, -0.1) is 4.73 Å². The SMILES string of the molecule is CCN(CC)c1ccc2c(-c3ccccc3C(=O)On3c(O)ccc3O)c3ccc(=[N+](CC)CC)cc-3oc2c1. The van der Waals surface area contributed by atoms with Gasteiger partial charge in [-0.2, -0.15) is 0 Å². The zero-order valence-electron chi connectivity index (χ0n) is 23.2. The molecule has 1 aliphatic heterocycles. The van der Waals surface area contributed by atoms with Crippen LogP contribution in [0, 0.1) is 0 Å². The molecule has 5 rings (SSSR count). The van der Waals surface area contributed by atoms with Crippen molar-refractivity contribution < 1.29 is 24.3 Å². The maximum Gasteiger partial charge on any atom is 0.364 e. The van der Waals surface area contributed by atoms with Gasteiger partial charge in [0.15, 0.2) is 0 Å². The van der Waals surface area contributed by atoms with Gasteiger partial charge in [0.25, 0.3) is 0 Å².